The van der Waals surface area contributed by atoms with Crippen molar-refractivity contribution < 1.29 is 13.9 Å². The third kappa shape index (κ3) is 2.69. The lowest BCUT2D eigenvalue weighted by Crippen LogP contribution is -2.37. The average Bonchev–Trinajstić information content (AvgIpc) is 3.12. The molecule has 2 aliphatic heterocycles. The fraction of sp³-hybridized carbons (Fsp3) is 0.150. The zero-order chi connectivity index (χ0) is 18.1. The molecule has 26 heavy (non-hydrogen) atoms. The second-order valence-corrected chi connectivity index (χ2v) is 5.83. The third-order valence-corrected chi connectivity index (χ3v) is 4.38. The number of hydrogen-bond donors (Lipinski definition) is 0. The first-order valence-corrected chi connectivity index (χ1v) is 8.21. The molecule has 6 heteroatoms. The fourth-order valence-corrected chi connectivity index (χ4v) is 3.12. The Hall–Kier alpha value is -3.28. The second kappa shape index (κ2) is 6.55. The molecular weight excluding hydrogens is 333 g/mol. The highest BCUT2D eigenvalue weighted by molar-refractivity contribution is 5.88. The zero-order valence-corrected chi connectivity index (χ0v) is 14.5. The number of allylic oxidation sites excluding steroid dienone is 1. The molecule has 0 unspecified atom stereocenters. The van der Waals surface area contributed by atoms with Crippen LogP contribution in [0.4, 0.5) is 10.1 Å². The van der Waals surface area contributed by atoms with Crippen LogP contribution >= 0.6 is 0 Å². The normalized spacial score (nSPS) is 15.5. The molecule has 4 rings (SSSR count). The van der Waals surface area contributed by atoms with E-state index in [1.54, 1.807) is 32.6 Å². The molecule has 2 aliphatic rings. The van der Waals surface area contributed by atoms with Crippen molar-refractivity contribution in [3.05, 3.63) is 71.8 Å². The van der Waals surface area contributed by atoms with Crippen molar-refractivity contribution in [3.8, 4) is 11.5 Å². The Balaban J connectivity index is 1.72. The van der Waals surface area contributed by atoms with Crippen LogP contribution in [0.3, 0.4) is 0 Å². The van der Waals surface area contributed by atoms with Gasteiger partial charge >= 0.3 is 0 Å². The molecule has 132 valence electrons. The van der Waals surface area contributed by atoms with Gasteiger partial charge in [0.05, 0.1) is 32.1 Å². The monoisotopic (exact) mass is 351 g/mol. The molecule has 0 atom stereocenters. The van der Waals surface area contributed by atoms with E-state index < -0.39 is 0 Å². The van der Waals surface area contributed by atoms with Gasteiger partial charge in [-0.2, -0.15) is 0 Å². The van der Waals surface area contributed by atoms with Gasteiger partial charge in [-0.25, -0.2) is 14.4 Å². The standard InChI is InChI=1S/C20H18FN3O2/c1-25-18-8-7-16(13-19(18)26-2)23-12-10-20-22-11-9-17(24(20)23)14-3-5-15(21)6-4-14/h3-11,13H,12H2,1-2H3. The molecule has 5 nitrogen and oxygen atoms in total. The number of hydrazine groups is 1. The van der Waals surface area contributed by atoms with E-state index in [0.29, 0.717) is 18.0 Å². The van der Waals surface area contributed by atoms with Gasteiger partial charge in [-0.05, 0) is 48.6 Å². The van der Waals surface area contributed by atoms with Gasteiger partial charge < -0.3 is 9.47 Å². The van der Waals surface area contributed by atoms with Crippen LogP contribution in [0.15, 0.2) is 65.4 Å². The van der Waals surface area contributed by atoms with Crippen LogP contribution < -0.4 is 14.5 Å². The molecule has 0 bridgehead atoms. The van der Waals surface area contributed by atoms with Crippen LogP contribution in [0.1, 0.15) is 5.56 Å². The van der Waals surface area contributed by atoms with E-state index in [-0.39, 0.29) is 5.82 Å². The van der Waals surface area contributed by atoms with Crippen molar-refractivity contribution in [2.75, 3.05) is 25.8 Å². The van der Waals surface area contributed by atoms with E-state index in [1.165, 1.54) is 12.1 Å². The number of fused-ring (bicyclic) bond motifs is 1. The first-order valence-electron chi connectivity index (χ1n) is 8.21. The number of anilines is 1. The molecule has 0 spiro atoms. The zero-order valence-electron chi connectivity index (χ0n) is 14.5. The molecule has 0 aliphatic carbocycles. The lowest BCUT2D eigenvalue weighted by atomic mass is 10.1. The Labute approximate surface area is 151 Å². The van der Waals surface area contributed by atoms with Gasteiger partial charge in [-0.1, -0.05) is 0 Å². The number of benzene rings is 2. The number of halogens is 1. The van der Waals surface area contributed by atoms with Crippen LogP contribution in [-0.2, 0) is 0 Å². The summed E-state index contributed by atoms with van der Waals surface area (Å²) in [6, 6.07) is 12.2. The highest BCUT2D eigenvalue weighted by Crippen LogP contribution is 2.38. The Morgan fingerprint density at radius 2 is 1.77 bits per heavy atom. The SMILES string of the molecule is COc1ccc(N2CC=C3N=CC=C(c4ccc(F)cc4)N32)cc1OC. The first-order chi connectivity index (χ1) is 12.7. The Morgan fingerprint density at radius 1 is 1.00 bits per heavy atom. The summed E-state index contributed by atoms with van der Waals surface area (Å²) in [5.41, 5.74) is 2.79. The predicted molar refractivity (Wildman–Crippen MR) is 99.7 cm³/mol. The number of aliphatic imine (C=N–C) groups is 1. The summed E-state index contributed by atoms with van der Waals surface area (Å²) in [5.74, 6) is 1.91. The minimum atomic E-state index is -0.257. The van der Waals surface area contributed by atoms with E-state index in [9.17, 15) is 4.39 Å². The second-order valence-electron chi connectivity index (χ2n) is 5.83. The Bertz CT molecular complexity index is 919. The maximum Gasteiger partial charge on any atom is 0.162 e. The van der Waals surface area contributed by atoms with E-state index in [0.717, 1.165) is 22.8 Å². The molecule has 0 radical (unpaired) electrons. The minimum absolute atomic E-state index is 0.257. The number of rotatable bonds is 4. The predicted octanol–water partition coefficient (Wildman–Crippen LogP) is 3.85. The molecule has 0 fully saturated rings. The van der Waals surface area contributed by atoms with Gasteiger partial charge in [0.15, 0.2) is 11.5 Å². The number of methoxy groups -OCH3 is 2. The smallest absolute Gasteiger partial charge is 0.162 e. The minimum Gasteiger partial charge on any atom is -0.493 e. The summed E-state index contributed by atoms with van der Waals surface area (Å²) in [6.07, 6.45) is 5.73. The molecule has 2 aromatic rings. The molecule has 0 saturated carbocycles. The summed E-state index contributed by atoms with van der Waals surface area (Å²) in [6.45, 7) is 0.667. The van der Waals surface area contributed by atoms with Gasteiger partial charge in [0, 0.05) is 17.8 Å². The highest BCUT2D eigenvalue weighted by Gasteiger charge is 2.30. The van der Waals surface area contributed by atoms with Crippen molar-refractivity contribution in [3.63, 3.8) is 0 Å². The molecule has 0 aromatic heterocycles. The number of hydrogen-bond acceptors (Lipinski definition) is 5. The van der Waals surface area contributed by atoms with Crippen LogP contribution in [-0.4, -0.2) is 32.0 Å². The summed E-state index contributed by atoms with van der Waals surface area (Å²) >= 11 is 0. The summed E-state index contributed by atoms with van der Waals surface area (Å²) in [7, 11) is 3.23. The molecular formula is C20H18FN3O2. The van der Waals surface area contributed by atoms with Gasteiger partial charge in [-0.15, -0.1) is 0 Å². The van der Waals surface area contributed by atoms with Gasteiger partial charge in [0.1, 0.15) is 11.6 Å². The summed E-state index contributed by atoms with van der Waals surface area (Å²) in [4.78, 5) is 4.45. The van der Waals surface area contributed by atoms with Crippen LogP contribution in [0.5, 0.6) is 11.5 Å². The quantitative estimate of drug-likeness (QED) is 0.839. The van der Waals surface area contributed by atoms with Crippen LogP contribution in [0.25, 0.3) is 5.70 Å². The number of ether oxygens (including phenoxy) is 2. The molecule has 2 aromatic carbocycles. The maximum atomic E-state index is 13.3. The van der Waals surface area contributed by atoms with Crippen LogP contribution in [0, 0.1) is 5.82 Å². The molecule has 0 N–H and O–H groups in total. The lowest BCUT2D eigenvalue weighted by molar-refractivity contribution is 0.354. The van der Waals surface area contributed by atoms with Crippen molar-refractivity contribution in [2.24, 2.45) is 4.99 Å². The fourth-order valence-electron chi connectivity index (χ4n) is 3.12. The van der Waals surface area contributed by atoms with Gasteiger partial charge in [-0.3, -0.25) is 5.01 Å². The third-order valence-electron chi connectivity index (χ3n) is 4.38. The molecule has 2 heterocycles. The van der Waals surface area contributed by atoms with Crippen molar-refractivity contribution >= 4 is 17.6 Å². The Kier molecular flexibility index (Phi) is 4.08. The topological polar surface area (TPSA) is 37.3 Å². The molecule has 0 amide bonds. The van der Waals surface area contributed by atoms with Crippen molar-refractivity contribution in [1.82, 2.24) is 5.01 Å². The average molecular weight is 351 g/mol. The highest BCUT2D eigenvalue weighted by atomic mass is 19.1. The van der Waals surface area contributed by atoms with Gasteiger partial charge in [0.2, 0.25) is 0 Å². The lowest BCUT2D eigenvalue weighted by Gasteiger charge is -2.35. The first kappa shape index (κ1) is 16.2. The van der Waals surface area contributed by atoms with Gasteiger partial charge in [0.25, 0.3) is 0 Å². The van der Waals surface area contributed by atoms with E-state index in [4.69, 9.17) is 9.47 Å². The van der Waals surface area contributed by atoms with Crippen molar-refractivity contribution in [2.45, 2.75) is 0 Å². The van der Waals surface area contributed by atoms with Crippen LogP contribution in [0.2, 0.25) is 0 Å². The Morgan fingerprint density at radius 3 is 2.50 bits per heavy atom. The van der Waals surface area contributed by atoms with E-state index in [1.807, 2.05) is 35.4 Å². The van der Waals surface area contributed by atoms with E-state index >= 15 is 0 Å². The summed E-state index contributed by atoms with van der Waals surface area (Å²) in [5, 5.41) is 4.11. The van der Waals surface area contributed by atoms with Crippen molar-refractivity contribution in [1.29, 1.82) is 0 Å². The maximum absolute atomic E-state index is 13.3. The number of nitrogens with zero attached hydrogens (tertiary/aromatic N) is 3. The summed E-state index contributed by atoms with van der Waals surface area (Å²) < 4.78 is 24.1. The largest absolute Gasteiger partial charge is 0.493 e. The van der Waals surface area contributed by atoms with E-state index in [2.05, 4.69) is 10.0 Å². The molecule has 0 saturated heterocycles.